The second-order valence-corrected chi connectivity index (χ2v) is 4.77. The summed E-state index contributed by atoms with van der Waals surface area (Å²) in [5.41, 5.74) is 0.930. The molecular formula is C16H17NO5. The Bertz CT molecular complexity index is 655. The van der Waals surface area contributed by atoms with Crippen molar-refractivity contribution in [2.24, 2.45) is 0 Å². The first-order valence-electron chi connectivity index (χ1n) is 6.74. The minimum Gasteiger partial charge on any atom is -0.493 e. The van der Waals surface area contributed by atoms with E-state index < -0.39 is 11.0 Å². The second-order valence-electron chi connectivity index (χ2n) is 4.77. The Hall–Kier alpha value is -2.60. The maximum atomic E-state index is 11.2. The van der Waals surface area contributed by atoms with E-state index in [1.165, 1.54) is 26.2 Å². The van der Waals surface area contributed by atoms with Crippen LogP contribution in [0.2, 0.25) is 0 Å². The molecule has 0 saturated carbocycles. The molecule has 22 heavy (non-hydrogen) atoms. The van der Waals surface area contributed by atoms with Gasteiger partial charge in [-0.2, -0.15) is 0 Å². The smallest absolute Gasteiger partial charge is 0.279 e. The van der Waals surface area contributed by atoms with Gasteiger partial charge in [0.2, 0.25) is 0 Å². The van der Waals surface area contributed by atoms with Gasteiger partial charge in [-0.15, -0.1) is 0 Å². The van der Waals surface area contributed by atoms with Crippen molar-refractivity contribution in [1.82, 2.24) is 0 Å². The van der Waals surface area contributed by atoms with Crippen molar-refractivity contribution in [1.29, 1.82) is 0 Å². The lowest BCUT2D eigenvalue weighted by atomic mass is 10.1. The molecule has 2 aromatic rings. The number of nitro groups is 1. The number of methoxy groups -OCH3 is 1. The lowest BCUT2D eigenvalue weighted by molar-refractivity contribution is -0.386. The fraction of sp³-hybridized carbons (Fsp3) is 0.250. The van der Waals surface area contributed by atoms with Crippen molar-refractivity contribution in [3.05, 3.63) is 63.7 Å². The molecule has 1 unspecified atom stereocenters. The number of benzene rings is 2. The SMILES string of the molecule is COc1cc(C(C)O)c([N+](=O)[O-])cc1OCc1ccccc1. The molecule has 0 spiro atoms. The van der Waals surface area contributed by atoms with Gasteiger partial charge >= 0.3 is 0 Å². The Morgan fingerprint density at radius 1 is 1.23 bits per heavy atom. The number of nitro benzene ring substituents is 1. The summed E-state index contributed by atoms with van der Waals surface area (Å²) in [5, 5.41) is 20.8. The molecule has 0 aliphatic heterocycles. The van der Waals surface area contributed by atoms with E-state index in [0.29, 0.717) is 5.75 Å². The van der Waals surface area contributed by atoms with Gasteiger partial charge in [0, 0.05) is 0 Å². The van der Waals surface area contributed by atoms with Crippen LogP contribution in [0.25, 0.3) is 0 Å². The Kier molecular flexibility index (Phi) is 4.95. The highest BCUT2D eigenvalue weighted by atomic mass is 16.6. The number of nitrogens with zero attached hydrogens (tertiary/aromatic N) is 1. The average Bonchev–Trinajstić information content (AvgIpc) is 2.52. The van der Waals surface area contributed by atoms with Gasteiger partial charge in [-0.1, -0.05) is 30.3 Å². The third-order valence-electron chi connectivity index (χ3n) is 3.20. The highest BCUT2D eigenvalue weighted by Crippen LogP contribution is 2.37. The molecule has 6 heteroatoms. The van der Waals surface area contributed by atoms with Crippen LogP contribution < -0.4 is 9.47 Å². The van der Waals surface area contributed by atoms with Crippen LogP contribution in [0.4, 0.5) is 5.69 Å². The van der Waals surface area contributed by atoms with Crippen LogP contribution in [0, 0.1) is 10.1 Å². The van der Waals surface area contributed by atoms with Crippen molar-refractivity contribution in [3.63, 3.8) is 0 Å². The van der Waals surface area contributed by atoms with Gasteiger partial charge in [0.05, 0.1) is 29.8 Å². The highest BCUT2D eigenvalue weighted by Gasteiger charge is 2.22. The van der Waals surface area contributed by atoms with E-state index >= 15 is 0 Å². The van der Waals surface area contributed by atoms with Gasteiger partial charge in [-0.05, 0) is 18.6 Å². The van der Waals surface area contributed by atoms with Crippen LogP contribution in [0.5, 0.6) is 11.5 Å². The van der Waals surface area contributed by atoms with Crippen LogP contribution in [0.15, 0.2) is 42.5 Å². The van der Waals surface area contributed by atoms with Gasteiger partial charge in [0.15, 0.2) is 11.5 Å². The first-order valence-corrected chi connectivity index (χ1v) is 6.74. The van der Waals surface area contributed by atoms with Crippen LogP contribution in [-0.4, -0.2) is 17.1 Å². The van der Waals surface area contributed by atoms with E-state index in [9.17, 15) is 15.2 Å². The van der Waals surface area contributed by atoms with Gasteiger partial charge in [0.25, 0.3) is 5.69 Å². The first-order chi connectivity index (χ1) is 10.5. The molecule has 0 aromatic heterocycles. The molecule has 2 aromatic carbocycles. The molecule has 0 amide bonds. The Balaban J connectivity index is 2.33. The Morgan fingerprint density at radius 3 is 2.45 bits per heavy atom. The third kappa shape index (κ3) is 3.53. The maximum Gasteiger partial charge on any atom is 0.279 e. The molecule has 1 N–H and O–H groups in total. The standard InChI is InChI=1S/C16H17NO5/c1-11(18)13-8-15(21-2)16(9-14(13)17(19)20)22-10-12-6-4-3-5-7-12/h3-9,11,18H,10H2,1-2H3. The number of aliphatic hydroxyl groups is 1. The molecule has 0 bridgehead atoms. The van der Waals surface area contributed by atoms with Crippen LogP contribution in [-0.2, 0) is 6.61 Å². The summed E-state index contributed by atoms with van der Waals surface area (Å²) < 4.78 is 10.8. The van der Waals surface area contributed by atoms with E-state index in [2.05, 4.69) is 0 Å². The van der Waals surface area contributed by atoms with Gasteiger partial charge < -0.3 is 14.6 Å². The largest absolute Gasteiger partial charge is 0.493 e. The van der Waals surface area contributed by atoms with Crippen molar-refractivity contribution in [2.45, 2.75) is 19.6 Å². The van der Waals surface area contributed by atoms with Gasteiger partial charge in [-0.3, -0.25) is 10.1 Å². The minimum atomic E-state index is -0.975. The third-order valence-corrected chi connectivity index (χ3v) is 3.20. The lowest BCUT2D eigenvalue weighted by Gasteiger charge is -2.14. The maximum absolute atomic E-state index is 11.2. The zero-order valence-corrected chi connectivity index (χ0v) is 12.4. The van der Waals surface area contributed by atoms with Crippen molar-refractivity contribution in [2.75, 3.05) is 7.11 Å². The summed E-state index contributed by atoms with van der Waals surface area (Å²) in [6, 6.07) is 12.2. The molecule has 0 saturated heterocycles. The summed E-state index contributed by atoms with van der Waals surface area (Å²) in [7, 11) is 1.45. The van der Waals surface area contributed by atoms with Crippen molar-refractivity contribution >= 4 is 5.69 Å². The second kappa shape index (κ2) is 6.91. The number of aliphatic hydroxyl groups excluding tert-OH is 1. The lowest BCUT2D eigenvalue weighted by Crippen LogP contribution is -2.03. The summed E-state index contributed by atoms with van der Waals surface area (Å²) in [5.74, 6) is 0.611. The molecule has 0 aliphatic carbocycles. The summed E-state index contributed by atoms with van der Waals surface area (Å²) in [4.78, 5) is 10.6. The average molecular weight is 303 g/mol. The molecular weight excluding hydrogens is 286 g/mol. The number of hydrogen-bond donors (Lipinski definition) is 1. The molecule has 116 valence electrons. The van der Waals surface area contributed by atoms with Gasteiger partial charge in [0.1, 0.15) is 6.61 Å². The van der Waals surface area contributed by atoms with Crippen LogP contribution in [0.1, 0.15) is 24.2 Å². The predicted octanol–water partition coefficient (Wildman–Crippen LogP) is 3.24. The van der Waals surface area contributed by atoms with E-state index in [0.717, 1.165) is 5.56 Å². The first kappa shape index (κ1) is 15.8. The molecule has 0 aliphatic rings. The number of ether oxygens (including phenoxy) is 2. The summed E-state index contributed by atoms with van der Waals surface area (Å²) >= 11 is 0. The summed E-state index contributed by atoms with van der Waals surface area (Å²) in [6.45, 7) is 1.73. The fourth-order valence-corrected chi connectivity index (χ4v) is 2.07. The van der Waals surface area contributed by atoms with Crippen LogP contribution >= 0.6 is 0 Å². The zero-order valence-electron chi connectivity index (χ0n) is 12.4. The molecule has 0 radical (unpaired) electrons. The van der Waals surface area contributed by atoms with E-state index in [-0.39, 0.29) is 23.6 Å². The van der Waals surface area contributed by atoms with E-state index in [1.54, 1.807) is 0 Å². The zero-order chi connectivity index (χ0) is 16.1. The van der Waals surface area contributed by atoms with E-state index in [4.69, 9.17) is 9.47 Å². The normalized spacial score (nSPS) is 11.8. The fourth-order valence-electron chi connectivity index (χ4n) is 2.07. The molecule has 0 heterocycles. The Labute approximate surface area is 128 Å². The number of hydrogen-bond acceptors (Lipinski definition) is 5. The topological polar surface area (TPSA) is 81.8 Å². The molecule has 6 nitrogen and oxygen atoms in total. The quantitative estimate of drug-likeness (QED) is 0.654. The van der Waals surface area contributed by atoms with Crippen molar-refractivity contribution < 1.29 is 19.5 Å². The Morgan fingerprint density at radius 2 is 1.91 bits per heavy atom. The number of rotatable bonds is 6. The van der Waals surface area contributed by atoms with E-state index in [1.807, 2.05) is 30.3 Å². The highest BCUT2D eigenvalue weighted by molar-refractivity contribution is 5.55. The van der Waals surface area contributed by atoms with Crippen molar-refractivity contribution in [3.8, 4) is 11.5 Å². The monoisotopic (exact) mass is 303 g/mol. The molecule has 0 fully saturated rings. The summed E-state index contributed by atoms with van der Waals surface area (Å²) in [6.07, 6.45) is -0.975. The predicted molar refractivity (Wildman–Crippen MR) is 81.1 cm³/mol. The van der Waals surface area contributed by atoms with Gasteiger partial charge in [-0.25, -0.2) is 0 Å². The molecule has 2 rings (SSSR count). The van der Waals surface area contributed by atoms with Crippen LogP contribution in [0.3, 0.4) is 0 Å². The minimum absolute atomic E-state index is 0.189. The molecule has 1 atom stereocenters.